The average molecular weight is 219 g/mol. The van der Waals surface area contributed by atoms with Gasteiger partial charge in [-0.25, -0.2) is 4.79 Å². The molecule has 0 heterocycles. The van der Waals surface area contributed by atoms with Crippen molar-refractivity contribution in [3.8, 4) is 0 Å². The molecule has 0 atom stereocenters. The SMILES string of the molecule is O=C(O)/C(Cl)=C(/CO)C(Cl)Cl. The van der Waals surface area contributed by atoms with E-state index in [-0.39, 0.29) is 5.57 Å². The minimum atomic E-state index is -1.36. The first kappa shape index (κ1) is 11.0. The quantitative estimate of drug-likeness (QED) is 0.557. The van der Waals surface area contributed by atoms with Crippen LogP contribution in [0.4, 0.5) is 0 Å². The molecule has 0 saturated carbocycles. The van der Waals surface area contributed by atoms with Crippen LogP contribution in [0.5, 0.6) is 0 Å². The van der Waals surface area contributed by atoms with Crippen LogP contribution in [0.2, 0.25) is 0 Å². The summed E-state index contributed by atoms with van der Waals surface area (Å²) in [6, 6.07) is 0. The fourth-order valence-electron chi connectivity index (χ4n) is 0.372. The number of hydrogen-bond acceptors (Lipinski definition) is 2. The molecule has 2 N–H and O–H groups in total. The van der Waals surface area contributed by atoms with Crippen molar-refractivity contribution in [1.82, 2.24) is 0 Å². The van der Waals surface area contributed by atoms with Gasteiger partial charge in [0.25, 0.3) is 0 Å². The van der Waals surface area contributed by atoms with E-state index in [4.69, 9.17) is 45.0 Å². The molecule has 0 bridgehead atoms. The Morgan fingerprint density at radius 2 is 1.91 bits per heavy atom. The van der Waals surface area contributed by atoms with Crippen LogP contribution in [0.3, 0.4) is 0 Å². The molecule has 0 fully saturated rings. The Morgan fingerprint density at radius 3 is 2.00 bits per heavy atom. The molecule has 0 aliphatic heterocycles. The first-order valence-electron chi connectivity index (χ1n) is 2.51. The van der Waals surface area contributed by atoms with Gasteiger partial charge in [0.15, 0.2) is 0 Å². The largest absolute Gasteiger partial charge is 0.477 e. The van der Waals surface area contributed by atoms with Crippen LogP contribution < -0.4 is 0 Å². The third kappa shape index (κ3) is 3.29. The van der Waals surface area contributed by atoms with Crippen LogP contribution in [-0.4, -0.2) is 27.6 Å². The molecule has 0 radical (unpaired) electrons. The van der Waals surface area contributed by atoms with Crippen LogP contribution in [0.25, 0.3) is 0 Å². The zero-order chi connectivity index (χ0) is 9.02. The van der Waals surface area contributed by atoms with Crippen molar-refractivity contribution < 1.29 is 15.0 Å². The van der Waals surface area contributed by atoms with Gasteiger partial charge in [0.2, 0.25) is 0 Å². The molecule has 11 heavy (non-hydrogen) atoms. The number of halogens is 3. The van der Waals surface area contributed by atoms with Crippen molar-refractivity contribution >= 4 is 40.8 Å². The molecule has 0 aromatic heterocycles. The molecular formula is C5H5Cl3O3. The molecule has 0 saturated heterocycles. The number of hydrogen-bond donors (Lipinski definition) is 2. The van der Waals surface area contributed by atoms with Crippen molar-refractivity contribution in [1.29, 1.82) is 0 Å². The normalized spacial score (nSPS) is 13.2. The number of aliphatic hydroxyl groups is 1. The van der Waals surface area contributed by atoms with Crippen molar-refractivity contribution in [3.05, 3.63) is 10.6 Å². The molecule has 6 heteroatoms. The standard InChI is InChI=1S/C5H5Cl3O3/c6-3(5(10)11)2(1-9)4(7)8/h4,9H,1H2,(H,10,11)/b3-2+. The maximum absolute atomic E-state index is 10.2. The number of carboxylic acids is 1. The molecule has 0 amide bonds. The summed E-state index contributed by atoms with van der Waals surface area (Å²) in [6.07, 6.45) is 0. The predicted molar refractivity (Wildman–Crippen MR) is 43.1 cm³/mol. The molecule has 64 valence electrons. The molecule has 3 nitrogen and oxygen atoms in total. The fourth-order valence-corrected chi connectivity index (χ4v) is 1.01. The second kappa shape index (κ2) is 4.83. The zero-order valence-electron chi connectivity index (χ0n) is 5.22. The Hall–Kier alpha value is 0.0400. The van der Waals surface area contributed by atoms with Crippen LogP contribution in [0, 0.1) is 0 Å². The van der Waals surface area contributed by atoms with Crippen LogP contribution >= 0.6 is 34.8 Å². The molecular weight excluding hydrogens is 214 g/mol. The van der Waals surface area contributed by atoms with Gasteiger partial charge < -0.3 is 10.2 Å². The van der Waals surface area contributed by atoms with Crippen LogP contribution in [-0.2, 0) is 4.79 Å². The lowest BCUT2D eigenvalue weighted by Crippen LogP contribution is -2.07. The lowest BCUT2D eigenvalue weighted by Gasteiger charge is -2.04. The summed E-state index contributed by atoms with van der Waals surface area (Å²) in [5.74, 6) is -1.36. The van der Waals surface area contributed by atoms with Crippen molar-refractivity contribution in [2.75, 3.05) is 6.61 Å². The van der Waals surface area contributed by atoms with Gasteiger partial charge in [-0.3, -0.25) is 0 Å². The summed E-state index contributed by atoms with van der Waals surface area (Å²) in [7, 11) is 0. The van der Waals surface area contributed by atoms with E-state index in [0.29, 0.717) is 0 Å². The maximum atomic E-state index is 10.2. The highest BCUT2D eigenvalue weighted by Gasteiger charge is 2.16. The van der Waals surface area contributed by atoms with Gasteiger partial charge in [0.1, 0.15) is 9.87 Å². The number of aliphatic hydroxyl groups excluding tert-OH is 1. The summed E-state index contributed by atoms with van der Waals surface area (Å²) in [5.41, 5.74) is -0.109. The second-order valence-electron chi connectivity index (χ2n) is 1.60. The van der Waals surface area contributed by atoms with Crippen LogP contribution in [0.1, 0.15) is 0 Å². The first-order valence-corrected chi connectivity index (χ1v) is 3.76. The van der Waals surface area contributed by atoms with Gasteiger partial charge >= 0.3 is 5.97 Å². The molecule has 0 aliphatic carbocycles. The van der Waals surface area contributed by atoms with E-state index < -0.39 is 22.4 Å². The number of rotatable bonds is 3. The van der Waals surface area contributed by atoms with E-state index in [1.165, 1.54) is 0 Å². The highest BCUT2D eigenvalue weighted by atomic mass is 35.5. The van der Waals surface area contributed by atoms with E-state index in [1.54, 1.807) is 0 Å². The lowest BCUT2D eigenvalue weighted by atomic mass is 10.3. The van der Waals surface area contributed by atoms with E-state index in [2.05, 4.69) is 0 Å². The maximum Gasteiger partial charge on any atom is 0.347 e. The number of carboxylic acid groups (broad SMARTS) is 1. The van der Waals surface area contributed by atoms with Gasteiger partial charge in [-0.2, -0.15) is 0 Å². The zero-order valence-corrected chi connectivity index (χ0v) is 7.49. The van der Waals surface area contributed by atoms with Gasteiger partial charge in [0.05, 0.1) is 6.61 Å². The summed E-state index contributed by atoms with van der Waals surface area (Å²) < 4.78 is 0. The first-order chi connectivity index (χ1) is 5.00. The third-order valence-corrected chi connectivity index (χ3v) is 1.83. The summed E-state index contributed by atoms with van der Waals surface area (Å²) >= 11 is 15.8. The molecule has 0 rings (SSSR count). The topological polar surface area (TPSA) is 57.5 Å². The minimum Gasteiger partial charge on any atom is -0.477 e. The van der Waals surface area contributed by atoms with E-state index in [9.17, 15) is 4.79 Å². The second-order valence-corrected chi connectivity index (χ2v) is 3.08. The summed E-state index contributed by atoms with van der Waals surface area (Å²) in [4.78, 5) is 9.09. The number of carbonyl (C=O) groups is 1. The number of alkyl halides is 2. The average Bonchev–Trinajstić information content (AvgIpc) is 1.88. The van der Waals surface area contributed by atoms with Gasteiger partial charge in [0, 0.05) is 5.57 Å². The predicted octanol–water partition coefficient (Wildman–Crippen LogP) is 1.36. The van der Waals surface area contributed by atoms with Gasteiger partial charge in [-0.1, -0.05) is 11.6 Å². The Kier molecular flexibility index (Phi) is 4.84. The Balaban J connectivity index is 4.68. The summed E-state index contributed by atoms with van der Waals surface area (Å²) in [6.45, 7) is -0.567. The fraction of sp³-hybridized carbons (Fsp3) is 0.400. The molecule has 0 unspecified atom stereocenters. The van der Waals surface area contributed by atoms with Crippen molar-refractivity contribution in [2.24, 2.45) is 0 Å². The molecule has 0 aromatic rings. The lowest BCUT2D eigenvalue weighted by molar-refractivity contribution is -0.132. The Labute approximate surface area is 78.2 Å². The monoisotopic (exact) mass is 218 g/mol. The highest BCUT2D eigenvalue weighted by Crippen LogP contribution is 2.20. The van der Waals surface area contributed by atoms with Gasteiger partial charge in [-0.05, 0) is 0 Å². The summed E-state index contributed by atoms with van der Waals surface area (Å²) in [5, 5.41) is 16.3. The number of aliphatic carboxylic acids is 1. The van der Waals surface area contributed by atoms with E-state index >= 15 is 0 Å². The molecule has 0 aliphatic rings. The van der Waals surface area contributed by atoms with Gasteiger partial charge in [-0.15, -0.1) is 23.2 Å². The molecule has 0 spiro atoms. The van der Waals surface area contributed by atoms with Crippen LogP contribution in [0.15, 0.2) is 10.6 Å². The minimum absolute atomic E-state index is 0.109. The highest BCUT2D eigenvalue weighted by molar-refractivity contribution is 6.48. The van der Waals surface area contributed by atoms with Crippen molar-refractivity contribution in [3.63, 3.8) is 0 Å². The molecule has 0 aromatic carbocycles. The third-order valence-electron chi connectivity index (χ3n) is 0.903. The van der Waals surface area contributed by atoms with Crippen molar-refractivity contribution in [2.45, 2.75) is 4.84 Å². The smallest absolute Gasteiger partial charge is 0.347 e. The Bertz CT molecular complexity index is 187. The Morgan fingerprint density at radius 1 is 1.45 bits per heavy atom. The van der Waals surface area contributed by atoms with E-state index in [1.807, 2.05) is 0 Å². The van der Waals surface area contributed by atoms with E-state index in [0.717, 1.165) is 0 Å².